The molecule has 0 unspecified atom stereocenters. The van der Waals surface area contributed by atoms with Crippen LogP contribution in [-0.4, -0.2) is 42.8 Å². The van der Waals surface area contributed by atoms with Gasteiger partial charge in [0.2, 0.25) is 0 Å². The Morgan fingerprint density at radius 1 is 1.10 bits per heavy atom. The van der Waals surface area contributed by atoms with Crippen LogP contribution >= 0.6 is 12.2 Å². The second-order valence-electron chi connectivity index (χ2n) is 6.53. The molecule has 6 nitrogen and oxygen atoms in total. The molecule has 1 heterocycles. The number of amides is 1. The van der Waals surface area contributed by atoms with Crippen LogP contribution in [0.3, 0.4) is 0 Å². The molecule has 0 bridgehead atoms. The van der Waals surface area contributed by atoms with Crippen LogP contribution in [0.15, 0.2) is 48.2 Å². The van der Waals surface area contributed by atoms with Crippen molar-refractivity contribution < 1.29 is 19.0 Å². The van der Waals surface area contributed by atoms with E-state index in [4.69, 9.17) is 32.9 Å². The number of hydrogen-bond acceptors (Lipinski definition) is 5. The first-order chi connectivity index (χ1) is 15.0. The highest BCUT2D eigenvalue weighted by molar-refractivity contribution is 7.80. The maximum Gasteiger partial charge on any atom is 0.277 e. The van der Waals surface area contributed by atoms with Crippen molar-refractivity contribution in [1.82, 2.24) is 4.90 Å². The Balaban J connectivity index is 2.01. The zero-order valence-corrected chi connectivity index (χ0v) is 18.6. The van der Waals surface area contributed by atoms with Crippen LogP contribution in [0.25, 0.3) is 6.08 Å². The molecule has 160 valence electrons. The normalized spacial score (nSPS) is 14.7. The van der Waals surface area contributed by atoms with E-state index in [9.17, 15) is 4.79 Å². The fraction of sp³-hybridized carbons (Fsp3) is 0.250. The number of ether oxygens (including phenoxy) is 3. The molecule has 0 aromatic heterocycles. The topological polar surface area (TPSA) is 51.2 Å². The average molecular weight is 437 g/mol. The van der Waals surface area contributed by atoms with Crippen LogP contribution in [-0.2, 0) is 4.79 Å². The Morgan fingerprint density at radius 3 is 2.45 bits per heavy atom. The molecular formula is C24H24N2O4S. The summed E-state index contributed by atoms with van der Waals surface area (Å²) in [4.78, 5) is 16.4. The molecule has 2 aromatic rings. The van der Waals surface area contributed by atoms with Gasteiger partial charge in [0.25, 0.3) is 5.91 Å². The van der Waals surface area contributed by atoms with E-state index in [1.165, 1.54) is 0 Å². The van der Waals surface area contributed by atoms with E-state index in [2.05, 4.69) is 5.92 Å². The molecular weight excluding hydrogens is 412 g/mol. The van der Waals surface area contributed by atoms with Gasteiger partial charge in [0.15, 0.2) is 16.6 Å². The van der Waals surface area contributed by atoms with Crippen molar-refractivity contribution >= 4 is 35.0 Å². The highest BCUT2D eigenvalue weighted by Gasteiger charge is 2.38. The quantitative estimate of drug-likeness (QED) is 0.353. The van der Waals surface area contributed by atoms with Crippen LogP contribution in [0.2, 0.25) is 0 Å². The van der Waals surface area contributed by atoms with Gasteiger partial charge in [-0.05, 0) is 74.1 Å². The lowest BCUT2D eigenvalue weighted by molar-refractivity contribution is -0.122. The average Bonchev–Trinajstić information content (AvgIpc) is 3.02. The Labute approximate surface area is 188 Å². The van der Waals surface area contributed by atoms with Crippen molar-refractivity contribution in [3.05, 3.63) is 53.7 Å². The van der Waals surface area contributed by atoms with Gasteiger partial charge in [0, 0.05) is 12.2 Å². The third-order valence-electron chi connectivity index (χ3n) is 4.65. The van der Waals surface area contributed by atoms with E-state index >= 15 is 0 Å². The van der Waals surface area contributed by atoms with Crippen molar-refractivity contribution in [3.8, 4) is 29.6 Å². The minimum atomic E-state index is -0.159. The van der Waals surface area contributed by atoms with Gasteiger partial charge in [-0.15, -0.1) is 6.42 Å². The number of hydrogen-bond donors (Lipinski definition) is 0. The maximum absolute atomic E-state index is 13.1. The Hall–Kier alpha value is -3.50. The van der Waals surface area contributed by atoms with E-state index in [0.29, 0.717) is 35.5 Å². The van der Waals surface area contributed by atoms with Gasteiger partial charge in [-0.3, -0.25) is 14.6 Å². The van der Waals surface area contributed by atoms with Gasteiger partial charge < -0.3 is 14.2 Å². The lowest BCUT2D eigenvalue weighted by atomic mass is 10.1. The van der Waals surface area contributed by atoms with E-state index in [1.807, 2.05) is 44.2 Å². The number of thiocarbonyl (C=S) groups is 1. The third kappa shape index (κ3) is 4.65. The molecule has 0 radical (unpaired) electrons. The Kier molecular flexibility index (Phi) is 7.16. The fourth-order valence-corrected chi connectivity index (χ4v) is 3.64. The Bertz CT molecular complexity index is 1040. The molecule has 31 heavy (non-hydrogen) atoms. The number of terminal acetylenes is 1. The van der Waals surface area contributed by atoms with Crippen LogP contribution < -0.4 is 19.1 Å². The molecule has 0 N–H and O–H groups in total. The SMILES string of the molecule is C#CCOc1ccc(C=C2C(=O)N(CC)C(=S)N2c2ccc(OCC)cc2)cc1OC. The number of likely N-dealkylation sites (N-methyl/N-ethyl adjacent to an activating group) is 1. The summed E-state index contributed by atoms with van der Waals surface area (Å²) in [6.07, 6.45) is 7.05. The second kappa shape index (κ2) is 10.0. The first-order valence-electron chi connectivity index (χ1n) is 9.88. The summed E-state index contributed by atoms with van der Waals surface area (Å²) in [5.41, 5.74) is 2.00. The summed E-state index contributed by atoms with van der Waals surface area (Å²) < 4.78 is 16.4. The number of carbonyl (C=O) groups excluding carboxylic acids is 1. The van der Waals surface area contributed by atoms with E-state index in [1.54, 1.807) is 35.1 Å². The summed E-state index contributed by atoms with van der Waals surface area (Å²) in [5, 5.41) is 0.434. The van der Waals surface area contributed by atoms with Crippen molar-refractivity contribution in [1.29, 1.82) is 0 Å². The minimum Gasteiger partial charge on any atom is -0.494 e. The molecule has 0 atom stereocenters. The first kappa shape index (κ1) is 22.2. The standard InChI is InChI=1S/C24H24N2O4S/c1-5-14-30-21-13-8-17(16-22(21)28-4)15-20-23(27)25(6-2)24(31)26(20)18-9-11-19(12-10-18)29-7-3/h1,8-13,15-16H,6-7,14H2,2-4H3. The molecule has 1 aliphatic rings. The lowest BCUT2D eigenvalue weighted by Crippen LogP contribution is -2.32. The molecule has 3 rings (SSSR count). The molecule has 1 aliphatic heterocycles. The molecule has 7 heteroatoms. The molecule has 0 saturated carbocycles. The van der Waals surface area contributed by atoms with Crippen molar-refractivity contribution in [2.24, 2.45) is 0 Å². The maximum atomic E-state index is 13.1. The smallest absolute Gasteiger partial charge is 0.277 e. The molecule has 0 aliphatic carbocycles. The number of carbonyl (C=O) groups is 1. The number of nitrogens with zero attached hydrogens (tertiary/aromatic N) is 2. The zero-order valence-electron chi connectivity index (χ0n) is 17.8. The van der Waals surface area contributed by atoms with Crippen molar-refractivity contribution in [2.45, 2.75) is 13.8 Å². The predicted molar refractivity (Wildman–Crippen MR) is 125 cm³/mol. The lowest BCUT2D eigenvalue weighted by Gasteiger charge is -2.20. The summed E-state index contributed by atoms with van der Waals surface area (Å²) in [7, 11) is 1.55. The minimum absolute atomic E-state index is 0.139. The monoisotopic (exact) mass is 436 g/mol. The number of anilines is 1. The van der Waals surface area contributed by atoms with Gasteiger partial charge in [-0.1, -0.05) is 12.0 Å². The molecule has 1 amide bonds. The largest absolute Gasteiger partial charge is 0.494 e. The summed E-state index contributed by atoms with van der Waals surface area (Å²) >= 11 is 5.61. The summed E-state index contributed by atoms with van der Waals surface area (Å²) in [6, 6.07) is 12.9. The van der Waals surface area contributed by atoms with E-state index in [0.717, 1.165) is 17.0 Å². The van der Waals surface area contributed by atoms with Gasteiger partial charge in [0.1, 0.15) is 18.1 Å². The molecule has 0 spiro atoms. The number of methoxy groups -OCH3 is 1. The van der Waals surface area contributed by atoms with Gasteiger partial charge >= 0.3 is 0 Å². The van der Waals surface area contributed by atoms with Gasteiger partial charge in [0.05, 0.1) is 13.7 Å². The van der Waals surface area contributed by atoms with Crippen molar-refractivity contribution in [2.75, 3.05) is 31.8 Å². The van der Waals surface area contributed by atoms with Gasteiger partial charge in [-0.25, -0.2) is 0 Å². The number of rotatable bonds is 8. The first-order valence-corrected chi connectivity index (χ1v) is 10.3. The zero-order chi connectivity index (χ0) is 22.4. The van der Waals surface area contributed by atoms with Crippen LogP contribution in [0, 0.1) is 12.3 Å². The highest BCUT2D eigenvalue weighted by Crippen LogP contribution is 2.33. The van der Waals surface area contributed by atoms with Gasteiger partial charge in [-0.2, -0.15) is 0 Å². The predicted octanol–water partition coefficient (Wildman–Crippen LogP) is 4.10. The summed E-state index contributed by atoms with van der Waals surface area (Å²) in [6.45, 7) is 5.02. The van der Waals surface area contributed by atoms with Crippen LogP contribution in [0.5, 0.6) is 17.2 Å². The number of benzene rings is 2. The molecule has 1 fully saturated rings. The summed E-state index contributed by atoms with van der Waals surface area (Å²) in [5.74, 6) is 4.09. The van der Waals surface area contributed by atoms with Crippen molar-refractivity contribution in [3.63, 3.8) is 0 Å². The highest BCUT2D eigenvalue weighted by atomic mass is 32.1. The van der Waals surface area contributed by atoms with E-state index < -0.39 is 0 Å². The fourth-order valence-electron chi connectivity index (χ4n) is 3.23. The third-order valence-corrected chi connectivity index (χ3v) is 5.05. The Morgan fingerprint density at radius 2 is 1.84 bits per heavy atom. The molecule has 1 saturated heterocycles. The molecule has 2 aromatic carbocycles. The van der Waals surface area contributed by atoms with Crippen LogP contribution in [0.1, 0.15) is 19.4 Å². The van der Waals surface area contributed by atoms with Crippen LogP contribution in [0.4, 0.5) is 5.69 Å². The second-order valence-corrected chi connectivity index (χ2v) is 6.89. The van der Waals surface area contributed by atoms with E-state index in [-0.39, 0.29) is 12.5 Å².